The molecule has 0 bridgehead atoms. The molecule has 2 fully saturated rings. The van der Waals surface area contributed by atoms with Crippen LogP contribution in [0, 0.1) is 5.92 Å². The number of carbonyl (C=O) groups excluding carboxylic acids is 2. The molecule has 2 rings (SSSR count). The minimum atomic E-state index is -0.837. The number of nitrogens with zero attached hydrogens (tertiary/aromatic N) is 2. The number of amides is 2. The van der Waals surface area contributed by atoms with E-state index in [4.69, 9.17) is 0 Å². The van der Waals surface area contributed by atoms with Crippen molar-refractivity contribution in [2.75, 3.05) is 40.3 Å². The van der Waals surface area contributed by atoms with Crippen molar-refractivity contribution in [2.45, 2.75) is 44.1 Å². The highest BCUT2D eigenvalue weighted by Gasteiger charge is 2.35. The number of likely N-dealkylation sites (N-methyl/N-ethyl adjacent to an activating group) is 1. The van der Waals surface area contributed by atoms with Gasteiger partial charge < -0.3 is 20.2 Å². The summed E-state index contributed by atoms with van der Waals surface area (Å²) in [5.74, 6) is -0.251. The largest absolute Gasteiger partial charge is 0.389 e. The number of aliphatic hydroxyl groups is 1. The second-order valence-corrected chi connectivity index (χ2v) is 6.87. The Balaban J connectivity index is 1.99. The molecule has 1 heterocycles. The van der Waals surface area contributed by atoms with Crippen molar-refractivity contribution in [3.05, 3.63) is 0 Å². The zero-order chi connectivity index (χ0) is 16.2. The van der Waals surface area contributed by atoms with Gasteiger partial charge in [0.05, 0.1) is 17.9 Å². The van der Waals surface area contributed by atoms with Crippen LogP contribution < -0.4 is 5.32 Å². The quantitative estimate of drug-likeness (QED) is 0.781. The molecule has 22 heavy (non-hydrogen) atoms. The van der Waals surface area contributed by atoms with Crippen LogP contribution in [0.3, 0.4) is 0 Å². The Bertz CT molecular complexity index is 407. The van der Waals surface area contributed by atoms with Gasteiger partial charge in [0.2, 0.25) is 11.8 Å². The van der Waals surface area contributed by atoms with Gasteiger partial charge in [-0.1, -0.05) is 19.3 Å². The summed E-state index contributed by atoms with van der Waals surface area (Å²) in [5.41, 5.74) is -0.837. The summed E-state index contributed by atoms with van der Waals surface area (Å²) in [4.78, 5) is 28.4. The highest BCUT2D eigenvalue weighted by atomic mass is 16.3. The third-order valence-corrected chi connectivity index (χ3v) is 4.96. The molecule has 126 valence electrons. The van der Waals surface area contributed by atoms with Crippen LogP contribution >= 0.6 is 0 Å². The molecular weight excluding hydrogens is 282 g/mol. The Kier molecular flexibility index (Phi) is 5.81. The molecule has 1 aliphatic carbocycles. The maximum atomic E-state index is 12.6. The van der Waals surface area contributed by atoms with E-state index >= 15 is 0 Å². The maximum absolute atomic E-state index is 12.6. The third-order valence-electron chi connectivity index (χ3n) is 4.96. The van der Waals surface area contributed by atoms with E-state index < -0.39 is 5.60 Å². The maximum Gasteiger partial charge on any atom is 0.225 e. The predicted molar refractivity (Wildman–Crippen MR) is 84.3 cm³/mol. The minimum absolute atomic E-state index is 0.0198. The van der Waals surface area contributed by atoms with Gasteiger partial charge in [0, 0.05) is 33.2 Å². The van der Waals surface area contributed by atoms with Crippen molar-refractivity contribution in [3.63, 3.8) is 0 Å². The Morgan fingerprint density at radius 2 is 1.86 bits per heavy atom. The van der Waals surface area contributed by atoms with Crippen molar-refractivity contribution in [1.29, 1.82) is 0 Å². The van der Waals surface area contributed by atoms with Gasteiger partial charge in [-0.05, 0) is 19.9 Å². The summed E-state index contributed by atoms with van der Waals surface area (Å²) in [5, 5.41) is 13.3. The first kappa shape index (κ1) is 17.2. The molecule has 1 aliphatic heterocycles. The van der Waals surface area contributed by atoms with Crippen LogP contribution in [0.15, 0.2) is 0 Å². The van der Waals surface area contributed by atoms with E-state index in [0.29, 0.717) is 32.5 Å². The summed E-state index contributed by atoms with van der Waals surface area (Å²) >= 11 is 0. The summed E-state index contributed by atoms with van der Waals surface area (Å²) in [7, 11) is 3.60. The zero-order valence-corrected chi connectivity index (χ0v) is 13.8. The molecule has 6 heteroatoms. The second kappa shape index (κ2) is 7.42. The third kappa shape index (κ3) is 4.43. The number of rotatable bonds is 3. The van der Waals surface area contributed by atoms with Crippen LogP contribution in [0.5, 0.6) is 0 Å². The number of carbonyl (C=O) groups is 2. The SMILES string of the molecule is CNC(=O)[C@@H]1CN(C)CCN(C(=O)CC2(O)CCCCC2)C1. The Hall–Kier alpha value is -1.14. The lowest BCUT2D eigenvalue weighted by atomic mass is 9.82. The van der Waals surface area contributed by atoms with Gasteiger partial charge >= 0.3 is 0 Å². The Morgan fingerprint density at radius 1 is 1.18 bits per heavy atom. The average Bonchev–Trinajstić information content (AvgIpc) is 2.68. The molecule has 0 aromatic rings. The number of hydrogen-bond acceptors (Lipinski definition) is 4. The van der Waals surface area contributed by atoms with Crippen LogP contribution in [0.25, 0.3) is 0 Å². The summed E-state index contributed by atoms with van der Waals surface area (Å²) in [6.07, 6.45) is 4.75. The summed E-state index contributed by atoms with van der Waals surface area (Å²) < 4.78 is 0. The predicted octanol–water partition coefficient (Wildman–Crippen LogP) is 0.208. The molecule has 0 aromatic carbocycles. The fourth-order valence-corrected chi connectivity index (χ4v) is 3.55. The van der Waals surface area contributed by atoms with Gasteiger partial charge in [0.25, 0.3) is 0 Å². The lowest BCUT2D eigenvalue weighted by molar-refractivity contribution is -0.138. The standard InChI is InChI=1S/C16H29N3O3/c1-17-15(21)13-11-18(2)8-9-19(12-13)14(20)10-16(22)6-4-3-5-7-16/h13,22H,3-12H2,1-2H3,(H,17,21)/t13-/m1/s1. The van der Waals surface area contributed by atoms with Crippen LogP contribution in [-0.4, -0.2) is 72.6 Å². The van der Waals surface area contributed by atoms with Gasteiger partial charge in [-0.3, -0.25) is 9.59 Å². The molecule has 0 radical (unpaired) electrons. The molecule has 2 aliphatic rings. The first-order chi connectivity index (χ1) is 10.4. The molecule has 0 unspecified atom stereocenters. The van der Waals surface area contributed by atoms with Gasteiger partial charge in [-0.25, -0.2) is 0 Å². The Labute approximate surface area is 132 Å². The zero-order valence-electron chi connectivity index (χ0n) is 13.8. The van der Waals surface area contributed by atoms with E-state index in [2.05, 4.69) is 10.2 Å². The average molecular weight is 311 g/mol. The van der Waals surface area contributed by atoms with Crippen LogP contribution in [0.4, 0.5) is 0 Å². The topological polar surface area (TPSA) is 72.9 Å². The monoisotopic (exact) mass is 311 g/mol. The first-order valence-corrected chi connectivity index (χ1v) is 8.34. The first-order valence-electron chi connectivity index (χ1n) is 8.34. The highest BCUT2D eigenvalue weighted by molar-refractivity contribution is 5.81. The van der Waals surface area contributed by atoms with Gasteiger partial charge in [0.15, 0.2) is 0 Å². The van der Waals surface area contributed by atoms with Crippen molar-refractivity contribution in [1.82, 2.24) is 15.1 Å². The van der Waals surface area contributed by atoms with E-state index in [1.165, 1.54) is 0 Å². The van der Waals surface area contributed by atoms with Crippen LogP contribution in [0.1, 0.15) is 38.5 Å². The molecule has 1 saturated heterocycles. The highest BCUT2D eigenvalue weighted by Crippen LogP contribution is 2.31. The van der Waals surface area contributed by atoms with Gasteiger partial charge in [0.1, 0.15) is 0 Å². The summed E-state index contributed by atoms with van der Waals surface area (Å²) in [6, 6.07) is 0. The smallest absolute Gasteiger partial charge is 0.225 e. The fraction of sp³-hybridized carbons (Fsp3) is 0.875. The normalized spacial score (nSPS) is 26.3. The second-order valence-electron chi connectivity index (χ2n) is 6.87. The molecular formula is C16H29N3O3. The van der Waals surface area contributed by atoms with E-state index in [1.807, 2.05) is 7.05 Å². The number of nitrogens with one attached hydrogen (secondary N) is 1. The van der Waals surface area contributed by atoms with Gasteiger partial charge in [-0.2, -0.15) is 0 Å². The number of hydrogen-bond donors (Lipinski definition) is 2. The van der Waals surface area contributed by atoms with E-state index in [1.54, 1.807) is 11.9 Å². The van der Waals surface area contributed by atoms with Gasteiger partial charge in [-0.15, -0.1) is 0 Å². The lowest BCUT2D eigenvalue weighted by Gasteiger charge is -2.34. The molecule has 1 atom stereocenters. The fourth-order valence-electron chi connectivity index (χ4n) is 3.55. The summed E-state index contributed by atoms with van der Waals surface area (Å²) in [6.45, 7) is 2.49. The van der Waals surface area contributed by atoms with E-state index in [9.17, 15) is 14.7 Å². The minimum Gasteiger partial charge on any atom is -0.389 e. The lowest BCUT2D eigenvalue weighted by Crippen LogP contribution is -2.44. The van der Waals surface area contributed by atoms with Crippen molar-refractivity contribution >= 4 is 11.8 Å². The van der Waals surface area contributed by atoms with Crippen LogP contribution in [0.2, 0.25) is 0 Å². The van der Waals surface area contributed by atoms with E-state index in [0.717, 1.165) is 25.8 Å². The van der Waals surface area contributed by atoms with Crippen molar-refractivity contribution in [2.24, 2.45) is 5.92 Å². The van der Waals surface area contributed by atoms with Crippen molar-refractivity contribution in [3.8, 4) is 0 Å². The molecule has 1 saturated carbocycles. The van der Waals surface area contributed by atoms with E-state index in [-0.39, 0.29) is 24.2 Å². The van der Waals surface area contributed by atoms with Crippen molar-refractivity contribution < 1.29 is 14.7 Å². The Morgan fingerprint density at radius 3 is 2.50 bits per heavy atom. The molecule has 0 aromatic heterocycles. The molecule has 6 nitrogen and oxygen atoms in total. The molecule has 2 N–H and O–H groups in total. The van der Waals surface area contributed by atoms with Crippen LogP contribution in [-0.2, 0) is 9.59 Å². The molecule has 2 amide bonds. The molecule has 0 spiro atoms.